The molecule has 0 saturated carbocycles. The minimum absolute atomic E-state index is 0.0673. The van der Waals surface area contributed by atoms with Gasteiger partial charge in [0.25, 0.3) is 8.32 Å². The van der Waals surface area contributed by atoms with Crippen LogP contribution in [0.25, 0.3) is 0 Å². The van der Waals surface area contributed by atoms with Crippen molar-refractivity contribution < 1.29 is 29.0 Å². The highest BCUT2D eigenvalue weighted by Crippen LogP contribution is 2.37. The summed E-state index contributed by atoms with van der Waals surface area (Å²) in [5.74, 6) is -0.596. The van der Waals surface area contributed by atoms with Crippen LogP contribution in [0.2, 0.25) is 5.04 Å². The van der Waals surface area contributed by atoms with Gasteiger partial charge in [-0.25, -0.2) is 4.79 Å². The van der Waals surface area contributed by atoms with Gasteiger partial charge in [-0.05, 0) is 21.0 Å². The van der Waals surface area contributed by atoms with Gasteiger partial charge in [0.1, 0.15) is 18.7 Å². The summed E-state index contributed by atoms with van der Waals surface area (Å²) in [5, 5.41) is 27.4. The van der Waals surface area contributed by atoms with E-state index in [1.165, 1.54) is 0 Å². The molecule has 0 aliphatic heterocycles. The lowest BCUT2D eigenvalue weighted by Gasteiger charge is -2.45. The zero-order valence-corrected chi connectivity index (χ0v) is 23.7. The molecule has 39 heavy (non-hydrogen) atoms. The number of nitrogens with one attached hydrogen (secondary N) is 2. The third kappa shape index (κ3) is 7.54. The Kier molecular flexibility index (Phi) is 10.4. The summed E-state index contributed by atoms with van der Waals surface area (Å²) >= 11 is 0. The summed E-state index contributed by atoms with van der Waals surface area (Å²) in [4.78, 5) is 24.8. The molecule has 0 saturated heterocycles. The number of hydrogen-bond acceptors (Lipinski definition) is 6. The average Bonchev–Trinajstić information content (AvgIpc) is 2.95. The Bertz CT molecular complexity index is 1140. The normalized spacial score (nSPS) is 12.0. The Morgan fingerprint density at radius 1 is 0.795 bits per heavy atom. The zero-order chi connectivity index (χ0) is 28.4. The van der Waals surface area contributed by atoms with Crippen LogP contribution in [0.15, 0.2) is 91.0 Å². The minimum atomic E-state index is -2.99. The number of aliphatic hydroxyl groups is 2. The van der Waals surface area contributed by atoms with E-state index in [4.69, 9.17) is 9.16 Å². The van der Waals surface area contributed by atoms with Crippen LogP contribution in [0, 0.1) is 0 Å². The van der Waals surface area contributed by atoms with Gasteiger partial charge < -0.3 is 30.0 Å². The lowest BCUT2D eigenvalue weighted by atomic mass is 10.0. The molecule has 208 valence electrons. The third-order valence-electron chi connectivity index (χ3n) is 6.60. The summed E-state index contributed by atoms with van der Waals surface area (Å²) in [7, 11) is -2.99. The van der Waals surface area contributed by atoms with Gasteiger partial charge in [-0.1, -0.05) is 112 Å². The SMILES string of the molecule is CC(C)(C)[Si](OCC(CO)(CO)NC(=O)CNC(=O)OCc1ccccc1)(c1ccccc1)c1ccccc1. The molecule has 0 aromatic heterocycles. The van der Waals surface area contributed by atoms with Gasteiger partial charge in [-0.3, -0.25) is 4.79 Å². The van der Waals surface area contributed by atoms with E-state index >= 15 is 0 Å². The van der Waals surface area contributed by atoms with Crippen LogP contribution in [0.1, 0.15) is 26.3 Å². The molecule has 0 heterocycles. The van der Waals surface area contributed by atoms with E-state index in [-0.39, 0.29) is 18.3 Å². The predicted molar refractivity (Wildman–Crippen MR) is 153 cm³/mol. The fraction of sp³-hybridized carbons (Fsp3) is 0.333. The van der Waals surface area contributed by atoms with Crippen molar-refractivity contribution in [3.63, 3.8) is 0 Å². The molecule has 0 atom stereocenters. The lowest BCUT2D eigenvalue weighted by molar-refractivity contribution is -0.124. The standard InChI is InChI=1S/C30H38N2O6Si/c1-29(2,3)39(25-15-9-5-10-16-25,26-17-11-6-12-18-26)38-23-30(21-33,22-34)32-27(35)19-31-28(36)37-20-24-13-7-4-8-14-24/h4-18,33-34H,19-23H2,1-3H3,(H,31,36)(H,32,35). The van der Waals surface area contributed by atoms with Gasteiger partial charge >= 0.3 is 6.09 Å². The van der Waals surface area contributed by atoms with Crippen LogP contribution >= 0.6 is 0 Å². The molecule has 2 amide bonds. The summed E-state index contributed by atoms with van der Waals surface area (Å²) in [5.41, 5.74) is -0.656. The number of alkyl carbamates (subject to hydrolysis) is 1. The van der Waals surface area contributed by atoms with Crippen LogP contribution in [0.4, 0.5) is 4.79 Å². The van der Waals surface area contributed by atoms with Crippen LogP contribution in [-0.2, 0) is 20.6 Å². The smallest absolute Gasteiger partial charge is 0.407 e. The van der Waals surface area contributed by atoms with Gasteiger partial charge in [-0.15, -0.1) is 0 Å². The van der Waals surface area contributed by atoms with Crippen LogP contribution in [0.5, 0.6) is 0 Å². The molecule has 0 radical (unpaired) electrons. The molecule has 0 spiro atoms. The van der Waals surface area contributed by atoms with E-state index in [2.05, 4.69) is 31.4 Å². The van der Waals surface area contributed by atoms with Crippen molar-refractivity contribution in [3.05, 3.63) is 96.6 Å². The second-order valence-electron chi connectivity index (χ2n) is 10.5. The fourth-order valence-corrected chi connectivity index (χ4v) is 9.18. The Hall–Kier alpha value is -3.50. The van der Waals surface area contributed by atoms with Gasteiger partial charge in [0.15, 0.2) is 0 Å². The number of carbonyl (C=O) groups excluding carboxylic acids is 2. The van der Waals surface area contributed by atoms with Crippen molar-refractivity contribution in [3.8, 4) is 0 Å². The maximum atomic E-state index is 12.8. The molecule has 0 unspecified atom stereocenters. The quantitative estimate of drug-likeness (QED) is 0.257. The first kappa shape index (κ1) is 30.0. The number of aliphatic hydroxyl groups excluding tert-OH is 2. The fourth-order valence-electron chi connectivity index (χ4n) is 4.53. The molecule has 0 bridgehead atoms. The third-order valence-corrected chi connectivity index (χ3v) is 11.6. The van der Waals surface area contributed by atoms with Gasteiger partial charge in [0.2, 0.25) is 5.91 Å². The summed E-state index contributed by atoms with van der Waals surface area (Å²) in [6.45, 7) is 4.74. The Balaban J connectivity index is 1.74. The first-order valence-corrected chi connectivity index (χ1v) is 14.8. The number of benzene rings is 3. The lowest BCUT2D eigenvalue weighted by Crippen LogP contribution is -2.69. The Morgan fingerprint density at radius 3 is 1.74 bits per heavy atom. The monoisotopic (exact) mass is 550 g/mol. The topological polar surface area (TPSA) is 117 Å². The Labute approximate surface area is 231 Å². The molecular formula is C30H38N2O6Si. The average molecular weight is 551 g/mol. The number of carbonyl (C=O) groups is 2. The molecule has 0 fully saturated rings. The number of ether oxygens (including phenoxy) is 1. The first-order valence-electron chi connectivity index (χ1n) is 12.9. The van der Waals surface area contributed by atoms with Crippen LogP contribution in [-0.4, -0.2) is 62.4 Å². The maximum Gasteiger partial charge on any atom is 0.407 e. The van der Waals surface area contributed by atoms with E-state index in [9.17, 15) is 19.8 Å². The van der Waals surface area contributed by atoms with Crippen molar-refractivity contribution in [1.29, 1.82) is 0 Å². The molecule has 3 aromatic rings. The van der Waals surface area contributed by atoms with Crippen LogP contribution in [0.3, 0.4) is 0 Å². The van der Waals surface area contributed by atoms with E-state index in [1.54, 1.807) is 0 Å². The second kappa shape index (κ2) is 13.5. The van der Waals surface area contributed by atoms with Gasteiger partial charge in [0.05, 0.1) is 19.8 Å². The second-order valence-corrected chi connectivity index (χ2v) is 14.8. The van der Waals surface area contributed by atoms with Crippen molar-refractivity contribution in [2.75, 3.05) is 26.4 Å². The predicted octanol–water partition coefficient (Wildman–Crippen LogP) is 2.33. The molecule has 3 rings (SSSR count). The van der Waals surface area contributed by atoms with Crippen molar-refractivity contribution in [2.45, 2.75) is 38.0 Å². The van der Waals surface area contributed by atoms with Crippen molar-refractivity contribution in [1.82, 2.24) is 10.6 Å². The van der Waals surface area contributed by atoms with Crippen molar-refractivity contribution >= 4 is 30.7 Å². The minimum Gasteiger partial charge on any atom is -0.445 e. The highest BCUT2D eigenvalue weighted by molar-refractivity contribution is 6.99. The molecule has 3 aromatic carbocycles. The first-order chi connectivity index (χ1) is 18.7. The summed E-state index contributed by atoms with van der Waals surface area (Å²) in [6.07, 6.45) is -0.754. The highest BCUT2D eigenvalue weighted by Gasteiger charge is 2.51. The number of amides is 2. The molecule has 0 aliphatic rings. The Morgan fingerprint density at radius 2 is 1.28 bits per heavy atom. The van der Waals surface area contributed by atoms with Gasteiger partial charge in [-0.2, -0.15) is 0 Å². The summed E-state index contributed by atoms with van der Waals surface area (Å²) in [6, 6.07) is 29.1. The van der Waals surface area contributed by atoms with E-state index in [0.717, 1.165) is 15.9 Å². The largest absolute Gasteiger partial charge is 0.445 e. The maximum absolute atomic E-state index is 12.8. The zero-order valence-electron chi connectivity index (χ0n) is 22.7. The van der Waals surface area contributed by atoms with Crippen LogP contribution < -0.4 is 21.0 Å². The van der Waals surface area contributed by atoms with Gasteiger partial charge in [0, 0.05) is 0 Å². The molecular weight excluding hydrogens is 512 g/mol. The van der Waals surface area contributed by atoms with E-state index < -0.39 is 45.6 Å². The molecule has 9 heteroatoms. The number of hydrogen-bond donors (Lipinski definition) is 4. The molecule has 0 aliphatic carbocycles. The number of rotatable bonds is 12. The van der Waals surface area contributed by atoms with Crippen molar-refractivity contribution in [2.24, 2.45) is 0 Å². The molecule has 8 nitrogen and oxygen atoms in total. The van der Waals surface area contributed by atoms with E-state index in [1.807, 2.05) is 91.0 Å². The summed E-state index contributed by atoms with van der Waals surface area (Å²) < 4.78 is 12.0. The highest BCUT2D eigenvalue weighted by atomic mass is 28.4. The van der Waals surface area contributed by atoms with E-state index in [0.29, 0.717) is 0 Å². The molecule has 4 N–H and O–H groups in total.